The Morgan fingerprint density at radius 2 is 1.86 bits per heavy atom. The molecular weight excluding hydrogens is 370 g/mol. The zero-order valence-corrected chi connectivity index (χ0v) is 16.6. The number of hydrogen-bond donors (Lipinski definition) is 2. The van der Waals surface area contributed by atoms with Crippen molar-refractivity contribution in [3.05, 3.63) is 60.3 Å². The van der Waals surface area contributed by atoms with Crippen LogP contribution in [0.5, 0.6) is 0 Å². The molecule has 2 heterocycles. The molecule has 0 atom stereocenters. The smallest absolute Gasteiger partial charge is 0.228 e. The van der Waals surface area contributed by atoms with Crippen molar-refractivity contribution in [2.45, 2.75) is 16.8 Å². The van der Waals surface area contributed by atoms with Crippen molar-refractivity contribution in [1.82, 2.24) is 9.97 Å². The first kappa shape index (κ1) is 18.6. The van der Waals surface area contributed by atoms with Gasteiger partial charge in [-0.25, -0.2) is 9.97 Å². The Morgan fingerprint density at radius 3 is 2.61 bits per heavy atom. The Morgan fingerprint density at radius 1 is 1.07 bits per heavy atom. The third-order valence-corrected chi connectivity index (χ3v) is 5.66. The summed E-state index contributed by atoms with van der Waals surface area (Å²) in [6.45, 7) is 5.48. The molecular formula is C21H23N5OS. The van der Waals surface area contributed by atoms with Crippen LogP contribution >= 0.6 is 11.8 Å². The minimum atomic E-state index is 0.581. The molecule has 0 saturated carbocycles. The molecule has 0 unspecified atom stereocenters. The monoisotopic (exact) mass is 393 g/mol. The molecule has 3 N–H and O–H groups in total. The largest absolute Gasteiger partial charge is 0.399 e. The molecule has 1 fully saturated rings. The molecule has 28 heavy (non-hydrogen) atoms. The highest BCUT2D eigenvalue weighted by Gasteiger charge is 2.11. The van der Waals surface area contributed by atoms with Gasteiger partial charge in [0.25, 0.3) is 0 Å². The van der Waals surface area contributed by atoms with Gasteiger partial charge in [0.05, 0.1) is 13.2 Å². The van der Waals surface area contributed by atoms with Crippen molar-refractivity contribution >= 4 is 34.8 Å². The number of aryl methyl sites for hydroxylation is 1. The fourth-order valence-electron chi connectivity index (χ4n) is 3.07. The third kappa shape index (κ3) is 4.55. The summed E-state index contributed by atoms with van der Waals surface area (Å²) < 4.78 is 5.41. The predicted octanol–water partition coefficient (Wildman–Crippen LogP) is 4.10. The molecule has 144 valence electrons. The van der Waals surface area contributed by atoms with E-state index in [9.17, 15) is 0 Å². The van der Waals surface area contributed by atoms with Crippen LogP contribution in [0.3, 0.4) is 0 Å². The number of morpholine rings is 1. The van der Waals surface area contributed by atoms with Gasteiger partial charge in [0.2, 0.25) is 5.95 Å². The fraction of sp³-hybridized carbons (Fsp3) is 0.238. The third-order valence-electron chi connectivity index (χ3n) is 4.54. The Kier molecular flexibility index (Phi) is 5.64. The number of aromatic nitrogens is 2. The van der Waals surface area contributed by atoms with E-state index in [4.69, 9.17) is 10.5 Å². The van der Waals surface area contributed by atoms with Crippen LogP contribution in [0.4, 0.5) is 23.0 Å². The van der Waals surface area contributed by atoms with Gasteiger partial charge in [-0.15, -0.1) is 0 Å². The number of anilines is 4. The van der Waals surface area contributed by atoms with Gasteiger partial charge >= 0.3 is 0 Å². The lowest BCUT2D eigenvalue weighted by atomic mass is 10.2. The summed E-state index contributed by atoms with van der Waals surface area (Å²) in [6.07, 6.45) is 1.77. The molecule has 7 heteroatoms. The number of ether oxygens (including phenoxy) is 1. The molecule has 3 aromatic rings. The van der Waals surface area contributed by atoms with Crippen LogP contribution < -0.4 is 16.0 Å². The highest BCUT2D eigenvalue weighted by Crippen LogP contribution is 2.30. The van der Waals surface area contributed by atoms with E-state index in [-0.39, 0.29) is 0 Å². The SMILES string of the molecule is Cc1cc(N)ccc1Sc1ccnc(Nc2ccc(N3CCOCC3)cc2)n1. The normalized spacial score (nSPS) is 14.1. The first-order valence-corrected chi connectivity index (χ1v) is 10.1. The summed E-state index contributed by atoms with van der Waals surface area (Å²) in [7, 11) is 0. The summed E-state index contributed by atoms with van der Waals surface area (Å²) >= 11 is 1.60. The van der Waals surface area contributed by atoms with E-state index >= 15 is 0 Å². The summed E-state index contributed by atoms with van der Waals surface area (Å²) in [4.78, 5) is 12.4. The molecule has 1 aromatic heterocycles. The van der Waals surface area contributed by atoms with E-state index in [1.807, 2.05) is 24.3 Å². The molecule has 0 amide bonds. The van der Waals surface area contributed by atoms with E-state index in [0.717, 1.165) is 53.2 Å². The molecule has 1 saturated heterocycles. The lowest BCUT2D eigenvalue weighted by Crippen LogP contribution is -2.36. The van der Waals surface area contributed by atoms with Gasteiger partial charge in [-0.2, -0.15) is 0 Å². The zero-order chi connectivity index (χ0) is 19.3. The van der Waals surface area contributed by atoms with Crippen LogP contribution in [-0.2, 0) is 4.74 Å². The van der Waals surface area contributed by atoms with E-state index in [0.29, 0.717) is 5.95 Å². The van der Waals surface area contributed by atoms with Crippen molar-refractivity contribution in [3.63, 3.8) is 0 Å². The van der Waals surface area contributed by atoms with E-state index < -0.39 is 0 Å². The molecule has 0 spiro atoms. The molecule has 0 radical (unpaired) electrons. The summed E-state index contributed by atoms with van der Waals surface area (Å²) in [5.41, 5.74) is 9.91. The van der Waals surface area contributed by atoms with Crippen molar-refractivity contribution in [3.8, 4) is 0 Å². The minimum Gasteiger partial charge on any atom is -0.399 e. The van der Waals surface area contributed by atoms with Crippen LogP contribution in [0.15, 0.2) is 64.6 Å². The number of nitrogens with two attached hydrogens (primary N) is 1. The average Bonchev–Trinajstić information content (AvgIpc) is 2.72. The van der Waals surface area contributed by atoms with Crippen molar-refractivity contribution in [2.75, 3.05) is 42.3 Å². The topological polar surface area (TPSA) is 76.3 Å². The zero-order valence-electron chi connectivity index (χ0n) is 15.8. The van der Waals surface area contributed by atoms with E-state index in [1.165, 1.54) is 5.69 Å². The van der Waals surface area contributed by atoms with Gasteiger partial charge < -0.3 is 20.7 Å². The maximum atomic E-state index is 5.84. The van der Waals surface area contributed by atoms with Crippen LogP contribution in [0.1, 0.15) is 5.56 Å². The van der Waals surface area contributed by atoms with Gasteiger partial charge in [-0.1, -0.05) is 11.8 Å². The van der Waals surface area contributed by atoms with Crippen molar-refractivity contribution in [1.29, 1.82) is 0 Å². The lowest BCUT2D eigenvalue weighted by molar-refractivity contribution is 0.122. The quantitative estimate of drug-likeness (QED) is 0.499. The molecule has 2 aromatic carbocycles. The second-order valence-corrected chi connectivity index (χ2v) is 7.68. The predicted molar refractivity (Wildman–Crippen MR) is 115 cm³/mol. The highest BCUT2D eigenvalue weighted by molar-refractivity contribution is 7.99. The summed E-state index contributed by atoms with van der Waals surface area (Å²) in [5, 5.41) is 4.17. The molecule has 1 aliphatic heterocycles. The summed E-state index contributed by atoms with van der Waals surface area (Å²) in [6, 6.07) is 16.1. The first-order valence-electron chi connectivity index (χ1n) is 9.24. The Hall–Kier alpha value is -2.77. The van der Waals surface area contributed by atoms with Gasteiger partial charge in [-0.05, 0) is 61.0 Å². The lowest BCUT2D eigenvalue weighted by Gasteiger charge is -2.28. The van der Waals surface area contributed by atoms with Gasteiger partial charge in [0.15, 0.2) is 0 Å². The molecule has 6 nitrogen and oxygen atoms in total. The Balaban J connectivity index is 1.44. The van der Waals surface area contributed by atoms with Gasteiger partial charge in [-0.3, -0.25) is 0 Å². The average molecular weight is 394 g/mol. The van der Waals surface area contributed by atoms with Crippen LogP contribution in [0, 0.1) is 6.92 Å². The maximum absolute atomic E-state index is 5.84. The fourth-order valence-corrected chi connectivity index (χ4v) is 3.91. The number of hydrogen-bond acceptors (Lipinski definition) is 7. The Labute approximate surface area is 169 Å². The van der Waals surface area contributed by atoms with Crippen LogP contribution in [0.25, 0.3) is 0 Å². The molecule has 4 rings (SSSR count). The molecule has 0 aliphatic carbocycles. The highest BCUT2D eigenvalue weighted by atomic mass is 32.2. The van der Waals surface area contributed by atoms with E-state index in [1.54, 1.807) is 18.0 Å². The number of benzene rings is 2. The maximum Gasteiger partial charge on any atom is 0.228 e. The second-order valence-electron chi connectivity index (χ2n) is 6.62. The molecule has 0 bridgehead atoms. The number of nitrogens with one attached hydrogen (secondary N) is 1. The number of rotatable bonds is 5. The van der Waals surface area contributed by atoms with Crippen molar-refractivity contribution in [2.24, 2.45) is 0 Å². The van der Waals surface area contributed by atoms with Gasteiger partial charge in [0.1, 0.15) is 5.03 Å². The van der Waals surface area contributed by atoms with E-state index in [2.05, 4.69) is 51.4 Å². The standard InChI is InChI=1S/C21H23N5OS/c1-15-14-16(22)2-7-19(15)28-20-8-9-23-21(25-20)24-17-3-5-18(6-4-17)26-10-12-27-13-11-26/h2-9,14H,10-13,22H2,1H3,(H,23,24,25). The second kappa shape index (κ2) is 8.50. The van der Waals surface area contributed by atoms with Crippen LogP contribution in [0.2, 0.25) is 0 Å². The number of nitrogens with zero attached hydrogens (tertiary/aromatic N) is 3. The van der Waals surface area contributed by atoms with Crippen LogP contribution in [-0.4, -0.2) is 36.3 Å². The minimum absolute atomic E-state index is 0.581. The Bertz CT molecular complexity index is 942. The number of nitrogen functional groups attached to an aromatic ring is 1. The molecule has 1 aliphatic rings. The van der Waals surface area contributed by atoms with Gasteiger partial charge in [0, 0.05) is 41.2 Å². The first-order chi connectivity index (χ1) is 13.7. The van der Waals surface area contributed by atoms with Crippen molar-refractivity contribution < 1.29 is 4.74 Å². The summed E-state index contributed by atoms with van der Waals surface area (Å²) in [5.74, 6) is 0.581.